The number of carbonyl (C=O) groups is 1. The molecule has 0 bridgehead atoms. The molecule has 0 spiro atoms. The van der Waals surface area contributed by atoms with Gasteiger partial charge in [0.05, 0.1) is 14.2 Å². The minimum atomic E-state index is 0.0317. The van der Waals surface area contributed by atoms with Crippen molar-refractivity contribution in [2.45, 2.75) is 12.8 Å². The molecular weight excluding hydrogens is 196 g/mol. The number of carbonyl (C=O) groups excluding carboxylic acids is 1. The van der Waals surface area contributed by atoms with E-state index in [1.54, 1.807) is 6.07 Å². The van der Waals surface area contributed by atoms with Gasteiger partial charge in [0, 0.05) is 6.42 Å². The summed E-state index contributed by atoms with van der Waals surface area (Å²) in [7, 11) is 2.96. The van der Waals surface area contributed by atoms with Gasteiger partial charge in [-0.3, -0.25) is 0 Å². The lowest BCUT2D eigenvalue weighted by Gasteiger charge is -2.13. The van der Waals surface area contributed by atoms with E-state index >= 15 is 0 Å². The largest absolute Gasteiger partial charge is 0.504 e. The predicted molar refractivity (Wildman–Crippen MR) is 55.6 cm³/mol. The molecule has 0 atom stereocenters. The first-order chi connectivity index (χ1) is 7.24. The van der Waals surface area contributed by atoms with Gasteiger partial charge in [0.15, 0.2) is 11.5 Å². The van der Waals surface area contributed by atoms with Crippen LogP contribution in [0.2, 0.25) is 0 Å². The topological polar surface area (TPSA) is 55.8 Å². The van der Waals surface area contributed by atoms with Crippen molar-refractivity contribution in [1.82, 2.24) is 0 Å². The van der Waals surface area contributed by atoms with Gasteiger partial charge in [-0.25, -0.2) is 0 Å². The van der Waals surface area contributed by atoms with Crippen LogP contribution in [0.1, 0.15) is 12.0 Å². The number of benzene rings is 1. The molecule has 0 unspecified atom stereocenters. The Morgan fingerprint density at radius 3 is 2.47 bits per heavy atom. The molecule has 82 valence electrons. The Bertz CT molecular complexity index is 347. The van der Waals surface area contributed by atoms with Crippen molar-refractivity contribution in [3.05, 3.63) is 17.7 Å². The Kier molecular flexibility index (Phi) is 3.97. The van der Waals surface area contributed by atoms with Crippen LogP contribution in [0.4, 0.5) is 0 Å². The van der Waals surface area contributed by atoms with Crippen molar-refractivity contribution >= 4 is 6.29 Å². The zero-order chi connectivity index (χ0) is 11.3. The van der Waals surface area contributed by atoms with Crippen molar-refractivity contribution in [2.24, 2.45) is 0 Å². The van der Waals surface area contributed by atoms with Crippen LogP contribution in [0.3, 0.4) is 0 Å². The van der Waals surface area contributed by atoms with E-state index in [1.165, 1.54) is 20.3 Å². The second-order valence-electron chi connectivity index (χ2n) is 3.02. The minimum Gasteiger partial charge on any atom is -0.504 e. The summed E-state index contributed by atoms with van der Waals surface area (Å²) < 4.78 is 10.2. The first kappa shape index (κ1) is 11.4. The van der Waals surface area contributed by atoms with Crippen LogP contribution in [0.15, 0.2) is 12.1 Å². The summed E-state index contributed by atoms with van der Waals surface area (Å²) in [5, 5.41) is 9.50. The Hall–Kier alpha value is -1.71. The fourth-order valence-electron chi connectivity index (χ4n) is 1.43. The standard InChI is InChI=1S/C11H14O4/c1-14-10-8(4-3-7-12)5-6-9(13)11(10)15-2/h5-7,13H,3-4H2,1-2H3. The fourth-order valence-corrected chi connectivity index (χ4v) is 1.43. The first-order valence-electron chi connectivity index (χ1n) is 4.61. The fraction of sp³-hybridized carbons (Fsp3) is 0.364. The molecule has 4 nitrogen and oxygen atoms in total. The van der Waals surface area contributed by atoms with Gasteiger partial charge in [-0.2, -0.15) is 0 Å². The second-order valence-corrected chi connectivity index (χ2v) is 3.02. The summed E-state index contributed by atoms with van der Waals surface area (Å²) in [6.07, 6.45) is 1.84. The van der Waals surface area contributed by atoms with Gasteiger partial charge < -0.3 is 19.4 Å². The predicted octanol–water partition coefficient (Wildman–Crippen LogP) is 1.54. The molecule has 0 saturated carbocycles. The highest BCUT2D eigenvalue weighted by atomic mass is 16.5. The van der Waals surface area contributed by atoms with Crippen molar-refractivity contribution in [3.8, 4) is 17.2 Å². The van der Waals surface area contributed by atoms with Crippen LogP contribution < -0.4 is 9.47 Å². The Balaban J connectivity index is 3.10. The van der Waals surface area contributed by atoms with E-state index in [4.69, 9.17) is 9.47 Å². The molecule has 0 radical (unpaired) electrons. The Morgan fingerprint density at radius 1 is 1.27 bits per heavy atom. The molecule has 0 aliphatic carbocycles. The van der Waals surface area contributed by atoms with Gasteiger partial charge in [-0.15, -0.1) is 0 Å². The molecule has 15 heavy (non-hydrogen) atoms. The van der Waals surface area contributed by atoms with Gasteiger partial charge in [0.25, 0.3) is 0 Å². The quantitative estimate of drug-likeness (QED) is 0.749. The van der Waals surface area contributed by atoms with Gasteiger partial charge in [-0.05, 0) is 18.1 Å². The molecule has 0 aromatic heterocycles. The van der Waals surface area contributed by atoms with Crippen LogP contribution >= 0.6 is 0 Å². The Labute approximate surface area is 88.4 Å². The molecule has 1 rings (SSSR count). The number of phenolic OH excluding ortho intramolecular Hbond substituents is 1. The third-order valence-corrected chi connectivity index (χ3v) is 2.11. The van der Waals surface area contributed by atoms with Gasteiger partial charge in [-0.1, -0.05) is 6.07 Å². The lowest BCUT2D eigenvalue weighted by molar-refractivity contribution is -0.107. The molecule has 0 aliphatic rings. The van der Waals surface area contributed by atoms with Crippen molar-refractivity contribution in [3.63, 3.8) is 0 Å². The number of aldehydes is 1. The van der Waals surface area contributed by atoms with E-state index in [9.17, 15) is 9.90 Å². The maximum Gasteiger partial charge on any atom is 0.203 e. The van der Waals surface area contributed by atoms with E-state index < -0.39 is 0 Å². The van der Waals surface area contributed by atoms with E-state index in [2.05, 4.69) is 0 Å². The van der Waals surface area contributed by atoms with Crippen LogP contribution in [-0.2, 0) is 11.2 Å². The number of aromatic hydroxyl groups is 1. The minimum absolute atomic E-state index is 0.0317. The van der Waals surface area contributed by atoms with Gasteiger partial charge >= 0.3 is 0 Å². The number of rotatable bonds is 5. The van der Waals surface area contributed by atoms with Crippen molar-refractivity contribution < 1.29 is 19.4 Å². The van der Waals surface area contributed by atoms with Crippen LogP contribution in [0.5, 0.6) is 17.2 Å². The smallest absolute Gasteiger partial charge is 0.203 e. The number of ether oxygens (including phenoxy) is 2. The number of hydrogen-bond donors (Lipinski definition) is 1. The Morgan fingerprint density at radius 2 is 1.93 bits per heavy atom. The molecule has 1 N–H and O–H groups in total. The highest BCUT2D eigenvalue weighted by Gasteiger charge is 2.13. The maximum absolute atomic E-state index is 10.3. The molecule has 0 fully saturated rings. The summed E-state index contributed by atoms with van der Waals surface area (Å²) in [5.74, 6) is 0.824. The average molecular weight is 210 g/mol. The lowest BCUT2D eigenvalue weighted by atomic mass is 10.1. The summed E-state index contributed by atoms with van der Waals surface area (Å²) in [6, 6.07) is 3.25. The summed E-state index contributed by atoms with van der Waals surface area (Å²) in [4.78, 5) is 10.3. The molecule has 1 aromatic carbocycles. The number of methoxy groups -OCH3 is 2. The summed E-state index contributed by atoms with van der Waals surface area (Å²) in [5.41, 5.74) is 0.847. The van der Waals surface area contributed by atoms with E-state index in [0.717, 1.165) is 11.8 Å². The average Bonchev–Trinajstić information content (AvgIpc) is 2.26. The lowest BCUT2D eigenvalue weighted by Crippen LogP contribution is -1.97. The highest BCUT2D eigenvalue weighted by Crippen LogP contribution is 2.39. The van der Waals surface area contributed by atoms with E-state index in [1.807, 2.05) is 0 Å². The highest BCUT2D eigenvalue weighted by molar-refractivity contribution is 5.57. The molecule has 0 heterocycles. The van der Waals surface area contributed by atoms with E-state index in [0.29, 0.717) is 24.3 Å². The molecule has 1 aromatic rings. The normalized spacial score (nSPS) is 9.73. The number of phenols is 1. The number of hydrogen-bond acceptors (Lipinski definition) is 4. The molecular formula is C11H14O4. The maximum atomic E-state index is 10.3. The summed E-state index contributed by atoms with van der Waals surface area (Å²) in [6.45, 7) is 0. The molecule has 0 aliphatic heterocycles. The van der Waals surface area contributed by atoms with Crippen molar-refractivity contribution in [1.29, 1.82) is 0 Å². The van der Waals surface area contributed by atoms with Crippen LogP contribution in [0, 0.1) is 0 Å². The first-order valence-corrected chi connectivity index (χ1v) is 4.61. The molecule has 0 amide bonds. The summed E-state index contributed by atoms with van der Waals surface area (Å²) >= 11 is 0. The third-order valence-electron chi connectivity index (χ3n) is 2.11. The zero-order valence-corrected chi connectivity index (χ0v) is 8.82. The SMILES string of the molecule is COc1c(O)ccc(CCC=O)c1OC. The molecule has 0 saturated heterocycles. The van der Waals surface area contributed by atoms with E-state index in [-0.39, 0.29) is 5.75 Å². The van der Waals surface area contributed by atoms with Gasteiger partial charge in [0.1, 0.15) is 6.29 Å². The van der Waals surface area contributed by atoms with Crippen LogP contribution in [-0.4, -0.2) is 25.6 Å². The number of aryl methyl sites for hydroxylation is 1. The van der Waals surface area contributed by atoms with Gasteiger partial charge in [0.2, 0.25) is 5.75 Å². The van der Waals surface area contributed by atoms with Crippen LogP contribution in [0.25, 0.3) is 0 Å². The third kappa shape index (κ3) is 2.40. The van der Waals surface area contributed by atoms with Crippen molar-refractivity contribution in [2.75, 3.05) is 14.2 Å². The monoisotopic (exact) mass is 210 g/mol. The molecule has 4 heteroatoms. The second kappa shape index (κ2) is 5.24. The zero-order valence-electron chi connectivity index (χ0n) is 8.82.